The summed E-state index contributed by atoms with van der Waals surface area (Å²) in [5.74, 6) is -0.383. The Hall–Kier alpha value is -1.90. The number of rotatable bonds is 7. The van der Waals surface area contributed by atoms with E-state index in [0.717, 1.165) is 10.0 Å². The second kappa shape index (κ2) is 10.4. The van der Waals surface area contributed by atoms with Gasteiger partial charge in [0.2, 0.25) is 0 Å². The molecule has 1 N–H and O–H groups in total. The Morgan fingerprint density at radius 2 is 1.77 bits per heavy atom. The van der Waals surface area contributed by atoms with E-state index in [1.165, 1.54) is 17.0 Å². The normalized spacial score (nSPS) is 14.3. The minimum Gasteiger partial charge on any atom is -0.591 e. The zero-order valence-corrected chi connectivity index (χ0v) is 19.8. The molecular weight excluding hydrogens is 471 g/mol. The smallest absolute Gasteiger partial charge is 0.407 e. The maximum absolute atomic E-state index is 13.4. The van der Waals surface area contributed by atoms with Crippen LogP contribution in [-0.2, 0) is 11.4 Å². The monoisotopic (exact) mass is 496 g/mol. The molecule has 0 spiro atoms. The van der Waals surface area contributed by atoms with Crippen LogP contribution in [0.4, 0.5) is 9.18 Å². The van der Waals surface area contributed by atoms with Crippen LogP contribution in [0.5, 0.6) is 0 Å². The molecule has 162 valence electrons. The lowest BCUT2D eigenvalue weighted by Gasteiger charge is -2.27. The molecule has 5 nitrogen and oxygen atoms in total. The first-order chi connectivity index (χ1) is 14.0. The molecule has 0 aliphatic heterocycles. The Morgan fingerprint density at radius 1 is 1.20 bits per heavy atom. The van der Waals surface area contributed by atoms with Crippen molar-refractivity contribution < 1.29 is 18.8 Å². The lowest BCUT2D eigenvalue weighted by molar-refractivity contribution is 0.130. The van der Waals surface area contributed by atoms with Crippen LogP contribution in [0.25, 0.3) is 0 Å². The van der Waals surface area contributed by atoms with Crippen molar-refractivity contribution in [1.82, 2.24) is 4.90 Å². The van der Waals surface area contributed by atoms with Crippen molar-refractivity contribution in [2.75, 3.05) is 6.54 Å². The average molecular weight is 497 g/mol. The van der Waals surface area contributed by atoms with E-state index in [1.807, 2.05) is 52.0 Å². The van der Waals surface area contributed by atoms with Gasteiger partial charge in [-0.05, 0) is 57.5 Å². The lowest BCUT2D eigenvalue weighted by atomic mass is 10.0. The second-order valence-electron chi connectivity index (χ2n) is 7.86. The maximum atomic E-state index is 13.4. The van der Waals surface area contributed by atoms with Crippen LogP contribution in [0.15, 0.2) is 57.4 Å². The highest BCUT2D eigenvalue weighted by atomic mass is 79.9. The van der Waals surface area contributed by atoms with Gasteiger partial charge in [0.25, 0.3) is 0 Å². The molecule has 0 aromatic heterocycles. The third-order valence-corrected chi connectivity index (χ3v) is 6.51. The molecule has 2 aromatic rings. The van der Waals surface area contributed by atoms with Gasteiger partial charge in [0.1, 0.15) is 27.6 Å². The van der Waals surface area contributed by atoms with Crippen molar-refractivity contribution in [3.63, 3.8) is 0 Å². The molecule has 2 atom stereocenters. The number of carbonyl (C=O) groups is 1. The molecule has 0 heterocycles. The molecule has 0 saturated heterocycles. The summed E-state index contributed by atoms with van der Waals surface area (Å²) in [6.45, 7) is 7.42. The van der Waals surface area contributed by atoms with Crippen LogP contribution < -0.4 is 0 Å². The highest BCUT2D eigenvalue weighted by Gasteiger charge is 2.28. The van der Waals surface area contributed by atoms with Gasteiger partial charge in [0.05, 0.1) is 6.04 Å². The number of nitrogens with zero attached hydrogens (tertiary/aromatic N) is 2. The minimum atomic E-state index is -1.52. The number of hydrogen-bond acceptors (Lipinski definition) is 3. The molecule has 0 saturated carbocycles. The molecule has 0 fully saturated rings. The summed E-state index contributed by atoms with van der Waals surface area (Å²) < 4.78 is 30.7. The summed E-state index contributed by atoms with van der Waals surface area (Å²) in [5.41, 5.74) is 1.97. The van der Waals surface area contributed by atoms with Crippen LogP contribution in [0, 0.1) is 5.82 Å². The molecule has 0 radical (unpaired) electrons. The fourth-order valence-corrected chi connectivity index (χ4v) is 3.66. The van der Waals surface area contributed by atoms with E-state index >= 15 is 0 Å². The number of carboxylic acid groups (broad SMARTS) is 1. The van der Waals surface area contributed by atoms with Crippen molar-refractivity contribution in [3.8, 4) is 0 Å². The number of amides is 1. The number of benzene rings is 2. The SMILES string of the molecule is C[C@@H](c1ccc(Br)cc1)N(CC/C(=N\[S+]([O-])C(C)(C)C)c1ccc(F)cc1)C(=O)O. The van der Waals surface area contributed by atoms with E-state index in [1.54, 1.807) is 12.1 Å². The first-order valence-electron chi connectivity index (χ1n) is 9.49. The highest BCUT2D eigenvalue weighted by molar-refractivity contribution is 9.10. The lowest BCUT2D eigenvalue weighted by Crippen LogP contribution is -2.34. The molecule has 8 heteroatoms. The van der Waals surface area contributed by atoms with Crippen LogP contribution in [0.1, 0.15) is 51.3 Å². The Bertz CT molecular complexity index is 883. The highest BCUT2D eigenvalue weighted by Crippen LogP contribution is 2.24. The third-order valence-electron chi connectivity index (χ3n) is 4.55. The molecule has 30 heavy (non-hydrogen) atoms. The molecular formula is C22H26BrFN2O3S. The van der Waals surface area contributed by atoms with Gasteiger partial charge < -0.3 is 14.6 Å². The third kappa shape index (κ3) is 6.82. The second-order valence-corrected chi connectivity index (χ2v) is 10.7. The van der Waals surface area contributed by atoms with Gasteiger partial charge >= 0.3 is 6.09 Å². The number of halogens is 2. The van der Waals surface area contributed by atoms with E-state index < -0.39 is 22.2 Å². The average Bonchev–Trinajstić information content (AvgIpc) is 2.67. The van der Waals surface area contributed by atoms with Gasteiger partial charge in [0.15, 0.2) is 0 Å². The first kappa shape index (κ1) is 24.4. The van der Waals surface area contributed by atoms with Crippen molar-refractivity contribution >= 4 is 39.1 Å². The summed E-state index contributed by atoms with van der Waals surface area (Å²) in [4.78, 5) is 13.2. The van der Waals surface area contributed by atoms with Gasteiger partial charge in [-0.15, -0.1) is 0 Å². The standard InChI is InChI=1S/C22H26BrFN2O3S/c1-15(16-5-9-18(23)10-6-16)26(21(27)28)14-13-20(25-30(29)22(2,3)4)17-7-11-19(24)12-8-17/h5-12,15H,13-14H2,1-4H3,(H,27,28)/b25-20+/t15-,30?/m0/s1. The van der Waals surface area contributed by atoms with E-state index in [0.29, 0.717) is 11.3 Å². The van der Waals surface area contributed by atoms with Gasteiger partial charge in [-0.3, -0.25) is 0 Å². The molecule has 2 rings (SSSR count). The quantitative estimate of drug-likeness (QED) is 0.378. The topological polar surface area (TPSA) is 76.0 Å². The van der Waals surface area contributed by atoms with Crippen molar-refractivity contribution in [1.29, 1.82) is 0 Å². The first-order valence-corrected chi connectivity index (χ1v) is 11.4. The summed E-state index contributed by atoms with van der Waals surface area (Å²) in [6.07, 6.45) is -0.804. The summed E-state index contributed by atoms with van der Waals surface area (Å²) in [5, 5.41) is 9.76. The molecule has 2 aromatic carbocycles. The van der Waals surface area contributed by atoms with Crippen LogP contribution in [0.2, 0.25) is 0 Å². The van der Waals surface area contributed by atoms with Gasteiger partial charge in [-0.25, -0.2) is 9.18 Å². The molecule has 1 amide bonds. The Kier molecular flexibility index (Phi) is 8.46. The largest absolute Gasteiger partial charge is 0.591 e. The van der Waals surface area contributed by atoms with E-state index in [2.05, 4.69) is 20.3 Å². The number of hydrogen-bond donors (Lipinski definition) is 1. The summed E-state index contributed by atoms with van der Waals surface area (Å²) in [6, 6.07) is 12.8. The molecule has 1 unspecified atom stereocenters. The van der Waals surface area contributed by atoms with Crippen molar-refractivity contribution in [3.05, 3.63) is 69.9 Å². The Labute approximate surface area is 188 Å². The van der Waals surface area contributed by atoms with E-state index in [4.69, 9.17) is 0 Å². The fraction of sp³-hybridized carbons (Fsp3) is 0.364. The summed E-state index contributed by atoms with van der Waals surface area (Å²) in [7, 11) is 0. The predicted molar refractivity (Wildman–Crippen MR) is 123 cm³/mol. The van der Waals surface area contributed by atoms with Gasteiger partial charge in [0, 0.05) is 23.0 Å². The summed E-state index contributed by atoms with van der Waals surface area (Å²) >= 11 is 1.85. The minimum absolute atomic E-state index is 0.157. The van der Waals surface area contributed by atoms with Crippen molar-refractivity contribution in [2.45, 2.75) is 44.9 Å². The zero-order valence-electron chi connectivity index (χ0n) is 17.4. The van der Waals surface area contributed by atoms with Gasteiger partial charge in [-0.2, -0.15) is 0 Å². The van der Waals surface area contributed by atoms with E-state index in [-0.39, 0.29) is 24.8 Å². The molecule has 0 bridgehead atoms. The molecule has 0 aliphatic carbocycles. The van der Waals surface area contributed by atoms with Crippen LogP contribution in [-0.4, -0.2) is 37.7 Å². The maximum Gasteiger partial charge on any atom is 0.407 e. The Balaban J connectivity index is 2.28. The zero-order chi connectivity index (χ0) is 22.5. The van der Waals surface area contributed by atoms with E-state index in [9.17, 15) is 18.8 Å². The van der Waals surface area contributed by atoms with Crippen LogP contribution in [0.3, 0.4) is 0 Å². The van der Waals surface area contributed by atoms with Gasteiger partial charge in [-0.1, -0.05) is 44.6 Å². The predicted octanol–water partition coefficient (Wildman–Crippen LogP) is 5.97. The molecule has 0 aliphatic rings. The van der Waals surface area contributed by atoms with Crippen molar-refractivity contribution in [2.24, 2.45) is 4.40 Å². The Morgan fingerprint density at radius 3 is 2.27 bits per heavy atom. The fourth-order valence-electron chi connectivity index (χ4n) is 2.72. The van der Waals surface area contributed by atoms with Crippen LogP contribution >= 0.6 is 15.9 Å².